The van der Waals surface area contributed by atoms with Crippen molar-refractivity contribution in [2.45, 2.75) is 55.5 Å². The van der Waals surface area contributed by atoms with Crippen molar-refractivity contribution < 1.29 is 57.3 Å². The fraction of sp³-hybridized carbons (Fsp3) is 0.500. The number of phosphoric ester groups is 1. The van der Waals surface area contributed by atoms with E-state index in [1.165, 1.54) is 28.0 Å². The minimum atomic E-state index is -5.11. The Morgan fingerprint density at radius 1 is 1.07 bits per heavy atom. The number of phosphoric acid groups is 1. The van der Waals surface area contributed by atoms with Gasteiger partial charge in [-0.1, -0.05) is 0 Å². The predicted molar refractivity (Wildman–Crippen MR) is 147 cm³/mol. The number of aromatic amines is 1. The van der Waals surface area contributed by atoms with Crippen LogP contribution in [-0.2, 0) is 32.2 Å². The van der Waals surface area contributed by atoms with E-state index >= 15 is 0 Å². The molecule has 0 spiro atoms. The molecule has 23 heteroatoms. The lowest BCUT2D eigenvalue weighted by Gasteiger charge is -2.24. The zero-order valence-electron chi connectivity index (χ0n) is 22.8. The summed E-state index contributed by atoms with van der Waals surface area (Å²) < 4.78 is 54.5. The van der Waals surface area contributed by atoms with E-state index in [9.17, 15) is 39.0 Å². The van der Waals surface area contributed by atoms with E-state index in [1.54, 1.807) is 6.07 Å². The quantitative estimate of drug-likeness (QED) is 0.0899. The summed E-state index contributed by atoms with van der Waals surface area (Å²) in [5.41, 5.74) is 5.51. The average Bonchev–Trinajstić information content (AvgIpc) is 3.75. The Morgan fingerprint density at radius 3 is 2.60 bits per heavy atom. The normalized spacial score (nSPS) is 30.3. The molecule has 10 atom stereocenters. The molecule has 0 radical (unpaired) electrons. The second-order valence-corrected chi connectivity index (χ2v) is 12.1. The molecule has 6 heterocycles. The predicted octanol–water partition coefficient (Wildman–Crippen LogP) is -1.42. The molecule has 242 valence electrons. The summed E-state index contributed by atoms with van der Waals surface area (Å²) in [7, 11) is -8.38. The number of nitrogen functional groups attached to an aromatic ring is 1. The fourth-order valence-electron chi connectivity index (χ4n) is 5.34. The van der Waals surface area contributed by atoms with Crippen molar-refractivity contribution in [1.82, 2.24) is 34.1 Å². The summed E-state index contributed by atoms with van der Waals surface area (Å²) in [6, 6.07) is 1.56. The van der Waals surface area contributed by atoms with E-state index in [0.717, 1.165) is 6.33 Å². The van der Waals surface area contributed by atoms with E-state index < -0.39 is 83.9 Å². The Morgan fingerprint density at radius 2 is 1.84 bits per heavy atom. The third-order valence-corrected chi connectivity index (χ3v) is 8.77. The van der Waals surface area contributed by atoms with E-state index in [4.69, 9.17) is 28.8 Å². The van der Waals surface area contributed by atoms with Crippen LogP contribution in [0, 0.1) is 0 Å². The standard InChI is InChI=1S/C22H26N8O13P2/c23-17-9-1-3-29(18(9)25-6-24-17)21-14(33)15(42-44(35)36)11(41-21)5-39-45(37,38)43-16-13(32)10(2-4-31)40-22(16)30-8-28-12-19(30)26-7-27-20(12)34/h1,3,6-8,10-11,13-16,21-22,31-33H,2,4-5H2,(H4-,23,24,25,26,27,34,35,36,37,38)/p+1/t10-,11-,13-,14-,15-,16-,21-,22-/m1/s1. The Labute approximate surface area is 251 Å². The smallest absolute Gasteiger partial charge is 0.396 e. The molecule has 6 rings (SSSR count). The largest absolute Gasteiger partial charge is 0.695 e. The molecule has 0 amide bonds. The van der Waals surface area contributed by atoms with Crippen LogP contribution < -0.4 is 11.3 Å². The molecule has 2 unspecified atom stereocenters. The number of H-pyrrole nitrogens is 1. The number of hydrogen-bond donors (Lipinski definition) is 7. The summed E-state index contributed by atoms with van der Waals surface area (Å²) >= 11 is 0. The molecule has 4 aromatic rings. The molecule has 0 bridgehead atoms. The second kappa shape index (κ2) is 12.5. The molecule has 21 nitrogen and oxygen atoms in total. The number of aromatic nitrogens is 7. The highest BCUT2D eigenvalue weighted by Gasteiger charge is 2.52. The summed E-state index contributed by atoms with van der Waals surface area (Å²) in [6.45, 7) is -1.20. The topological polar surface area (TPSA) is 302 Å². The van der Waals surface area contributed by atoms with Gasteiger partial charge in [0, 0.05) is 17.4 Å². The number of nitrogens with one attached hydrogen (secondary N) is 1. The van der Waals surface area contributed by atoms with Crippen molar-refractivity contribution >= 4 is 44.1 Å². The zero-order valence-corrected chi connectivity index (χ0v) is 24.6. The zero-order chi connectivity index (χ0) is 32.0. The Kier molecular flexibility index (Phi) is 8.78. The van der Waals surface area contributed by atoms with Gasteiger partial charge in [-0.2, -0.15) is 0 Å². The van der Waals surface area contributed by atoms with Crippen molar-refractivity contribution in [1.29, 1.82) is 0 Å². The molecule has 2 aliphatic heterocycles. The van der Waals surface area contributed by atoms with Gasteiger partial charge in [0.15, 0.2) is 29.7 Å². The Hall–Kier alpha value is -3.30. The van der Waals surface area contributed by atoms with Gasteiger partial charge in [0.05, 0.1) is 30.8 Å². The first-order valence-electron chi connectivity index (χ1n) is 13.2. The van der Waals surface area contributed by atoms with Crippen LogP contribution in [0.3, 0.4) is 0 Å². The van der Waals surface area contributed by atoms with Gasteiger partial charge in [-0.05, 0) is 12.5 Å². The van der Waals surface area contributed by atoms with E-state index in [2.05, 4.69) is 24.9 Å². The van der Waals surface area contributed by atoms with Crippen LogP contribution in [0.15, 0.2) is 36.0 Å². The molecule has 0 saturated carbocycles. The lowest BCUT2D eigenvalue weighted by Crippen LogP contribution is -2.36. The minimum absolute atomic E-state index is 0.0185. The number of nitrogens with zero attached hydrogens (tertiary/aromatic N) is 6. The SMILES string of the molecule is Nc1ncnc2c1ccn2[C@@H]1O[C@H](COP(=O)(O)O[C@@H]2[C@H](O)[C@@H](CCO)O[C@H]2n2cnc3c(=O)[nH]cnc32)[C@@H](O[P+](=O)O)[C@H]1O. The number of aliphatic hydroxyl groups is 3. The number of anilines is 1. The van der Waals surface area contributed by atoms with E-state index in [-0.39, 0.29) is 29.0 Å². The summed E-state index contributed by atoms with van der Waals surface area (Å²) in [5.74, 6) is 0.152. The Bertz CT molecular complexity index is 1820. The van der Waals surface area contributed by atoms with E-state index in [1.807, 2.05) is 0 Å². The number of hydrogen-bond acceptors (Lipinski definition) is 16. The van der Waals surface area contributed by atoms with Crippen LogP contribution in [0.2, 0.25) is 0 Å². The molecular weight excluding hydrogens is 646 g/mol. The molecule has 0 aromatic carbocycles. The lowest BCUT2D eigenvalue weighted by molar-refractivity contribution is -0.0591. The first kappa shape index (κ1) is 31.7. The minimum Gasteiger partial charge on any atom is -0.396 e. The lowest BCUT2D eigenvalue weighted by atomic mass is 10.1. The van der Waals surface area contributed by atoms with Gasteiger partial charge in [-0.15, -0.1) is 9.42 Å². The van der Waals surface area contributed by atoms with Crippen molar-refractivity contribution in [3.05, 3.63) is 41.6 Å². The van der Waals surface area contributed by atoms with Crippen molar-refractivity contribution in [2.75, 3.05) is 18.9 Å². The molecule has 4 aromatic heterocycles. The number of fused-ring (bicyclic) bond motifs is 2. The maximum absolute atomic E-state index is 13.2. The molecular formula is C22H27N8O13P2+. The molecule has 45 heavy (non-hydrogen) atoms. The summed E-state index contributed by atoms with van der Waals surface area (Å²) in [5, 5.41) is 31.7. The van der Waals surface area contributed by atoms with Crippen LogP contribution in [0.5, 0.6) is 0 Å². The third-order valence-electron chi connectivity index (χ3n) is 7.36. The maximum atomic E-state index is 13.2. The number of nitrogens with two attached hydrogens (primary N) is 1. The third kappa shape index (κ3) is 6.01. The van der Waals surface area contributed by atoms with Crippen molar-refractivity contribution in [3.63, 3.8) is 0 Å². The van der Waals surface area contributed by atoms with E-state index in [0.29, 0.717) is 5.39 Å². The monoisotopic (exact) mass is 673 g/mol. The van der Waals surface area contributed by atoms with Crippen LogP contribution >= 0.6 is 16.1 Å². The van der Waals surface area contributed by atoms with Gasteiger partial charge in [0.25, 0.3) is 5.56 Å². The number of rotatable bonds is 11. The van der Waals surface area contributed by atoms with Crippen LogP contribution in [0.4, 0.5) is 5.82 Å². The van der Waals surface area contributed by atoms with Gasteiger partial charge in [-0.3, -0.25) is 18.4 Å². The highest BCUT2D eigenvalue weighted by atomic mass is 31.2. The van der Waals surface area contributed by atoms with Crippen LogP contribution in [-0.4, -0.2) is 109 Å². The maximum Gasteiger partial charge on any atom is 0.695 e. The molecule has 8 N–H and O–H groups in total. The summed E-state index contributed by atoms with van der Waals surface area (Å²) in [4.78, 5) is 50.7. The number of aliphatic hydroxyl groups excluding tert-OH is 3. The van der Waals surface area contributed by atoms with Gasteiger partial charge < -0.3 is 45.0 Å². The number of ether oxygens (including phenoxy) is 2. The highest BCUT2D eigenvalue weighted by molar-refractivity contribution is 7.47. The molecule has 0 aliphatic carbocycles. The van der Waals surface area contributed by atoms with Crippen LogP contribution in [0.25, 0.3) is 22.2 Å². The fourth-order valence-corrected chi connectivity index (χ4v) is 6.74. The first-order chi connectivity index (χ1) is 21.5. The first-order valence-corrected chi connectivity index (χ1v) is 15.9. The summed E-state index contributed by atoms with van der Waals surface area (Å²) in [6.07, 6.45) is -6.48. The average molecular weight is 673 g/mol. The van der Waals surface area contributed by atoms with Gasteiger partial charge in [-0.25, -0.2) is 24.5 Å². The van der Waals surface area contributed by atoms with Crippen molar-refractivity contribution in [3.8, 4) is 0 Å². The van der Waals surface area contributed by atoms with Gasteiger partial charge >= 0.3 is 16.1 Å². The number of imidazole rings is 1. The molecule has 2 fully saturated rings. The van der Waals surface area contributed by atoms with Crippen molar-refractivity contribution in [2.24, 2.45) is 0 Å². The van der Waals surface area contributed by atoms with Gasteiger partial charge in [0.2, 0.25) is 0 Å². The van der Waals surface area contributed by atoms with Crippen LogP contribution in [0.1, 0.15) is 18.9 Å². The molecule has 2 saturated heterocycles. The highest BCUT2D eigenvalue weighted by Crippen LogP contribution is 2.50. The van der Waals surface area contributed by atoms with Gasteiger partial charge in [0.1, 0.15) is 42.2 Å². The second-order valence-electron chi connectivity index (χ2n) is 10.0. The Balaban J connectivity index is 1.22. The molecule has 2 aliphatic rings.